The molecule has 0 fully saturated rings. The lowest BCUT2D eigenvalue weighted by Crippen LogP contribution is -2.32. The molecule has 1 rings (SSSR count). The molecule has 1 heterocycles. The number of nitrogens with zero attached hydrogens (tertiary/aromatic N) is 1. The van der Waals surface area contributed by atoms with Crippen molar-refractivity contribution < 1.29 is 9.53 Å². The van der Waals surface area contributed by atoms with Crippen LogP contribution in [0.2, 0.25) is 0 Å². The first kappa shape index (κ1) is 19.1. The Morgan fingerprint density at radius 1 is 1.39 bits per heavy atom. The number of nitrogens with two attached hydrogens (primary N) is 1. The van der Waals surface area contributed by atoms with Crippen molar-refractivity contribution in [1.29, 1.82) is 0 Å². The fourth-order valence-electron chi connectivity index (χ4n) is 1.09. The van der Waals surface area contributed by atoms with E-state index >= 15 is 0 Å². The fourth-order valence-corrected chi connectivity index (χ4v) is 1.09. The standard InChI is InChI=1S/C11H17N3O2.2ClH/c1-11(2,3)16-10(15)14-6-8-4-9(12)7-13-5-8;;/h4-5,7H,6,12H2,1-3H3,(H,14,15);2*1H. The van der Waals surface area contributed by atoms with Gasteiger partial charge in [0.15, 0.2) is 0 Å². The molecule has 5 nitrogen and oxygen atoms in total. The van der Waals surface area contributed by atoms with Gasteiger partial charge in [-0.25, -0.2) is 4.79 Å². The van der Waals surface area contributed by atoms with Crippen LogP contribution in [-0.2, 0) is 11.3 Å². The van der Waals surface area contributed by atoms with Crippen molar-refractivity contribution in [3.8, 4) is 0 Å². The predicted octanol–water partition coefficient (Wildman–Crippen LogP) is 2.53. The lowest BCUT2D eigenvalue weighted by atomic mass is 10.2. The Balaban J connectivity index is 0. The molecular formula is C11H19Cl2N3O2. The van der Waals surface area contributed by atoms with E-state index in [-0.39, 0.29) is 24.8 Å². The highest BCUT2D eigenvalue weighted by molar-refractivity contribution is 5.85. The molecule has 7 heteroatoms. The number of halogens is 2. The van der Waals surface area contributed by atoms with Crippen LogP contribution in [0.15, 0.2) is 18.5 Å². The molecule has 1 aromatic rings. The lowest BCUT2D eigenvalue weighted by Gasteiger charge is -2.19. The third kappa shape index (κ3) is 7.97. The second-order valence-electron chi connectivity index (χ2n) is 4.48. The van der Waals surface area contributed by atoms with Crippen molar-refractivity contribution in [1.82, 2.24) is 10.3 Å². The maximum Gasteiger partial charge on any atom is 0.407 e. The molecule has 0 bridgehead atoms. The number of amides is 1. The van der Waals surface area contributed by atoms with E-state index in [0.29, 0.717) is 12.2 Å². The van der Waals surface area contributed by atoms with E-state index in [1.807, 2.05) is 20.8 Å². The number of alkyl carbamates (subject to hydrolysis) is 1. The minimum atomic E-state index is -0.488. The smallest absolute Gasteiger partial charge is 0.407 e. The van der Waals surface area contributed by atoms with Gasteiger partial charge in [-0.05, 0) is 32.4 Å². The first-order chi connectivity index (χ1) is 7.37. The fraction of sp³-hybridized carbons (Fsp3) is 0.455. The molecular weight excluding hydrogens is 277 g/mol. The van der Waals surface area contributed by atoms with Crippen molar-refractivity contribution in [3.05, 3.63) is 24.0 Å². The molecule has 1 amide bonds. The van der Waals surface area contributed by atoms with E-state index in [2.05, 4.69) is 10.3 Å². The van der Waals surface area contributed by atoms with Crippen molar-refractivity contribution in [2.75, 3.05) is 5.73 Å². The third-order valence-corrected chi connectivity index (χ3v) is 1.65. The second-order valence-corrected chi connectivity index (χ2v) is 4.48. The lowest BCUT2D eigenvalue weighted by molar-refractivity contribution is 0.0523. The van der Waals surface area contributed by atoms with Gasteiger partial charge in [-0.15, -0.1) is 24.8 Å². The van der Waals surface area contributed by atoms with Crippen LogP contribution in [0.5, 0.6) is 0 Å². The number of ether oxygens (including phenoxy) is 1. The average Bonchev–Trinajstić information content (AvgIpc) is 2.12. The summed E-state index contributed by atoms with van der Waals surface area (Å²) in [6, 6.07) is 1.75. The Morgan fingerprint density at radius 3 is 2.50 bits per heavy atom. The summed E-state index contributed by atoms with van der Waals surface area (Å²) >= 11 is 0. The molecule has 104 valence electrons. The van der Waals surface area contributed by atoms with Gasteiger partial charge < -0.3 is 15.8 Å². The van der Waals surface area contributed by atoms with Gasteiger partial charge in [-0.1, -0.05) is 0 Å². The summed E-state index contributed by atoms with van der Waals surface area (Å²) in [5, 5.41) is 2.63. The van der Waals surface area contributed by atoms with E-state index in [9.17, 15) is 4.79 Å². The molecule has 0 unspecified atom stereocenters. The second kappa shape index (κ2) is 8.00. The van der Waals surface area contributed by atoms with Gasteiger partial charge in [0.05, 0.1) is 5.69 Å². The number of anilines is 1. The summed E-state index contributed by atoms with van der Waals surface area (Å²) in [5.41, 5.74) is 6.48. The van der Waals surface area contributed by atoms with Gasteiger partial charge in [-0.2, -0.15) is 0 Å². The SMILES string of the molecule is CC(C)(C)OC(=O)NCc1cncc(N)c1.Cl.Cl. The topological polar surface area (TPSA) is 77.2 Å². The molecule has 0 aromatic carbocycles. The van der Waals surface area contributed by atoms with Crippen molar-refractivity contribution in [2.45, 2.75) is 32.9 Å². The van der Waals surface area contributed by atoms with Gasteiger partial charge in [0.25, 0.3) is 0 Å². The van der Waals surface area contributed by atoms with Crippen LogP contribution < -0.4 is 11.1 Å². The summed E-state index contributed by atoms with van der Waals surface area (Å²) in [5.74, 6) is 0. The molecule has 0 saturated carbocycles. The summed E-state index contributed by atoms with van der Waals surface area (Å²) in [4.78, 5) is 15.3. The summed E-state index contributed by atoms with van der Waals surface area (Å²) < 4.78 is 5.09. The first-order valence-corrected chi connectivity index (χ1v) is 5.03. The van der Waals surface area contributed by atoms with Crippen LogP contribution in [0, 0.1) is 0 Å². The quantitative estimate of drug-likeness (QED) is 0.879. The van der Waals surface area contributed by atoms with Crippen LogP contribution in [-0.4, -0.2) is 16.7 Å². The van der Waals surface area contributed by atoms with Gasteiger partial charge in [0.1, 0.15) is 5.60 Å². The zero-order valence-corrected chi connectivity index (χ0v) is 12.2. The van der Waals surface area contributed by atoms with E-state index in [0.717, 1.165) is 5.56 Å². The van der Waals surface area contributed by atoms with Crippen LogP contribution >= 0.6 is 24.8 Å². The zero-order valence-electron chi connectivity index (χ0n) is 10.6. The number of aromatic nitrogens is 1. The Hall–Kier alpha value is -1.20. The average molecular weight is 296 g/mol. The number of hydrogen-bond donors (Lipinski definition) is 2. The summed E-state index contributed by atoms with van der Waals surface area (Å²) in [7, 11) is 0. The molecule has 3 N–H and O–H groups in total. The highest BCUT2D eigenvalue weighted by Crippen LogP contribution is 2.07. The first-order valence-electron chi connectivity index (χ1n) is 5.03. The van der Waals surface area contributed by atoms with E-state index in [1.165, 1.54) is 0 Å². The van der Waals surface area contributed by atoms with Gasteiger partial charge >= 0.3 is 6.09 Å². The van der Waals surface area contributed by atoms with Crippen LogP contribution in [0.4, 0.5) is 10.5 Å². The normalized spacial score (nSPS) is 9.72. The summed E-state index contributed by atoms with van der Waals surface area (Å²) in [6.45, 7) is 5.80. The van der Waals surface area contributed by atoms with Crippen molar-refractivity contribution in [3.63, 3.8) is 0 Å². The molecule has 1 aromatic heterocycles. The number of nitrogens with one attached hydrogen (secondary N) is 1. The van der Waals surface area contributed by atoms with Gasteiger partial charge in [-0.3, -0.25) is 4.98 Å². The Bertz CT molecular complexity index is 381. The Morgan fingerprint density at radius 2 is 2.00 bits per heavy atom. The molecule has 0 aliphatic carbocycles. The minimum Gasteiger partial charge on any atom is -0.444 e. The number of pyridine rings is 1. The maximum absolute atomic E-state index is 11.3. The molecule has 0 spiro atoms. The molecule has 0 aliphatic heterocycles. The molecule has 18 heavy (non-hydrogen) atoms. The van der Waals surface area contributed by atoms with Crippen LogP contribution in [0.25, 0.3) is 0 Å². The van der Waals surface area contributed by atoms with Gasteiger partial charge in [0.2, 0.25) is 0 Å². The van der Waals surface area contributed by atoms with Crippen molar-refractivity contribution >= 4 is 36.6 Å². The Kier molecular flexibility index (Phi) is 8.51. The number of hydrogen-bond acceptors (Lipinski definition) is 4. The number of carbonyl (C=O) groups excluding carboxylic acids is 1. The van der Waals surface area contributed by atoms with Crippen molar-refractivity contribution in [2.24, 2.45) is 0 Å². The minimum absolute atomic E-state index is 0. The highest BCUT2D eigenvalue weighted by atomic mass is 35.5. The van der Waals surface area contributed by atoms with Crippen LogP contribution in [0.1, 0.15) is 26.3 Å². The van der Waals surface area contributed by atoms with E-state index in [1.54, 1.807) is 18.5 Å². The predicted molar refractivity (Wildman–Crippen MR) is 76.2 cm³/mol. The van der Waals surface area contributed by atoms with E-state index in [4.69, 9.17) is 10.5 Å². The summed E-state index contributed by atoms with van der Waals surface area (Å²) in [6.07, 6.45) is 2.75. The number of carbonyl (C=O) groups is 1. The number of nitrogen functional groups attached to an aromatic ring is 1. The molecule has 0 atom stereocenters. The largest absolute Gasteiger partial charge is 0.444 e. The Labute approximate surface area is 119 Å². The monoisotopic (exact) mass is 295 g/mol. The van der Waals surface area contributed by atoms with Gasteiger partial charge in [0, 0.05) is 18.9 Å². The van der Waals surface area contributed by atoms with E-state index < -0.39 is 11.7 Å². The third-order valence-electron chi connectivity index (χ3n) is 1.65. The zero-order chi connectivity index (χ0) is 12.2. The molecule has 0 saturated heterocycles. The molecule has 0 radical (unpaired) electrons. The number of rotatable bonds is 2. The van der Waals surface area contributed by atoms with Crippen LogP contribution in [0.3, 0.4) is 0 Å². The highest BCUT2D eigenvalue weighted by Gasteiger charge is 2.15. The molecule has 0 aliphatic rings. The maximum atomic E-state index is 11.3.